The quantitative estimate of drug-likeness (QED) is 0.686. The van der Waals surface area contributed by atoms with Crippen molar-refractivity contribution in [2.45, 2.75) is 58.5 Å². The summed E-state index contributed by atoms with van der Waals surface area (Å²) in [5, 5.41) is 9.15. The molecule has 0 spiro atoms. The van der Waals surface area contributed by atoms with E-state index in [2.05, 4.69) is 22.9 Å². The highest BCUT2D eigenvalue weighted by Gasteiger charge is 2.24. The van der Waals surface area contributed by atoms with Crippen LogP contribution in [0.5, 0.6) is 0 Å². The predicted molar refractivity (Wildman–Crippen MR) is 96.6 cm³/mol. The van der Waals surface area contributed by atoms with E-state index in [1.54, 1.807) is 0 Å². The topological polar surface area (TPSA) is 70.2 Å². The zero-order chi connectivity index (χ0) is 17.4. The molecule has 2 amide bonds. The Morgan fingerprint density at radius 3 is 2.71 bits per heavy atom. The fraction of sp³-hybridized carbons (Fsp3) is 0.579. The number of hydrogen-bond acceptors (Lipinski definition) is 3. The molecular weight excluding hydrogens is 302 g/mol. The second-order valence-electron chi connectivity index (χ2n) is 6.62. The summed E-state index contributed by atoms with van der Waals surface area (Å²) >= 11 is 0. The van der Waals surface area contributed by atoms with Gasteiger partial charge in [-0.2, -0.15) is 0 Å². The lowest BCUT2D eigenvalue weighted by molar-refractivity contribution is -0.125. The van der Waals surface area contributed by atoms with Crippen LogP contribution in [0.1, 0.15) is 51.5 Å². The lowest BCUT2D eigenvalue weighted by atomic mass is 10.1. The minimum atomic E-state index is -0.150. The number of nitrogens with one attached hydrogen (secondary N) is 3. The molecule has 1 aliphatic rings. The van der Waals surface area contributed by atoms with Gasteiger partial charge in [-0.05, 0) is 44.0 Å². The molecule has 0 aliphatic heterocycles. The van der Waals surface area contributed by atoms with Gasteiger partial charge in [0.2, 0.25) is 11.8 Å². The van der Waals surface area contributed by atoms with Crippen LogP contribution in [0.2, 0.25) is 0 Å². The molecular formula is C19H29N3O2. The zero-order valence-electron chi connectivity index (χ0n) is 14.7. The average molecular weight is 331 g/mol. The van der Waals surface area contributed by atoms with Crippen molar-refractivity contribution in [1.29, 1.82) is 0 Å². The summed E-state index contributed by atoms with van der Waals surface area (Å²) in [5.41, 5.74) is 1.93. The largest absolute Gasteiger partial charge is 0.353 e. The van der Waals surface area contributed by atoms with Gasteiger partial charge in [-0.25, -0.2) is 0 Å². The van der Waals surface area contributed by atoms with E-state index in [9.17, 15) is 9.59 Å². The van der Waals surface area contributed by atoms with Crippen LogP contribution in [-0.2, 0) is 16.1 Å². The van der Waals surface area contributed by atoms with Gasteiger partial charge in [0, 0.05) is 30.6 Å². The fourth-order valence-corrected chi connectivity index (χ4v) is 3.12. The maximum Gasteiger partial charge on any atom is 0.226 e. The summed E-state index contributed by atoms with van der Waals surface area (Å²) in [6.45, 7) is 5.64. The van der Waals surface area contributed by atoms with Crippen molar-refractivity contribution >= 4 is 17.5 Å². The molecule has 1 unspecified atom stereocenters. The average Bonchev–Trinajstić information content (AvgIpc) is 3.07. The van der Waals surface area contributed by atoms with Gasteiger partial charge in [0.15, 0.2) is 0 Å². The zero-order valence-corrected chi connectivity index (χ0v) is 14.7. The first-order chi connectivity index (χ1) is 11.6. The Balaban J connectivity index is 1.78. The van der Waals surface area contributed by atoms with Gasteiger partial charge in [-0.1, -0.05) is 31.9 Å². The molecule has 132 valence electrons. The summed E-state index contributed by atoms with van der Waals surface area (Å²) in [6.07, 6.45) is 4.51. The van der Waals surface area contributed by atoms with Crippen molar-refractivity contribution in [3.63, 3.8) is 0 Å². The highest BCUT2D eigenvalue weighted by atomic mass is 16.2. The van der Waals surface area contributed by atoms with Gasteiger partial charge < -0.3 is 16.0 Å². The lowest BCUT2D eigenvalue weighted by Crippen LogP contribution is -2.38. The van der Waals surface area contributed by atoms with Crippen LogP contribution in [-0.4, -0.2) is 24.4 Å². The highest BCUT2D eigenvalue weighted by molar-refractivity contribution is 5.91. The Labute approximate surface area is 144 Å². The normalized spacial score (nSPS) is 15.9. The minimum absolute atomic E-state index is 0.0742. The van der Waals surface area contributed by atoms with E-state index in [0.717, 1.165) is 50.0 Å². The fourth-order valence-electron chi connectivity index (χ4n) is 3.12. The number of carbonyl (C=O) groups is 2. The molecule has 5 nitrogen and oxygen atoms in total. The second-order valence-corrected chi connectivity index (χ2v) is 6.62. The first-order valence-corrected chi connectivity index (χ1v) is 8.98. The molecule has 3 N–H and O–H groups in total. The molecule has 2 rings (SSSR count). The highest BCUT2D eigenvalue weighted by Crippen LogP contribution is 2.24. The third kappa shape index (κ3) is 5.96. The first kappa shape index (κ1) is 18.5. The number of amides is 2. The van der Waals surface area contributed by atoms with E-state index >= 15 is 0 Å². The van der Waals surface area contributed by atoms with Crippen LogP contribution in [0.25, 0.3) is 0 Å². The van der Waals surface area contributed by atoms with Gasteiger partial charge in [0.05, 0.1) is 0 Å². The third-order valence-corrected chi connectivity index (χ3v) is 4.40. The van der Waals surface area contributed by atoms with Crippen LogP contribution >= 0.6 is 0 Å². The summed E-state index contributed by atoms with van der Waals surface area (Å²) in [4.78, 5) is 24.3. The van der Waals surface area contributed by atoms with E-state index < -0.39 is 0 Å². The number of hydrogen-bond donors (Lipinski definition) is 3. The number of carbonyl (C=O) groups excluding carboxylic acids is 2. The Morgan fingerprint density at radius 1 is 1.25 bits per heavy atom. The second kappa shape index (κ2) is 9.42. The lowest BCUT2D eigenvalue weighted by Gasteiger charge is -2.17. The van der Waals surface area contributed by atoms with Crippen molar-refractivity contribution in [3.8, 4) is 0 Å². The molecule has 0 aromatic heterocycles. The molecule has 5 heteroatoms. The summed E-state index contributed by atoms with van der Waals surface area (Å²) in [5.74, 6) is 0.161. The monoisotopic (exact) mass is 331 g/mol. The Hall–Kier alpha value is -1.88. The Morgan fingerprint density at radius 2 is 2.00 bits per heavy atom. The molecule has 0 bridgehead atoms. The molecule has 1 aromatic carbocycles. The van der Waals surface area contributed by atoms with Gasteiger partial charge >= 0.3 is 0 Å². The van der Waals surface area contributed by atoms with E-state index in [-0.39, 0.29) is 30.2 Å². The van der Waals surface area contributed by atoms with Crippen molar-refractivity contribution < 1.29 is 9.59 Å². The summed E-state index contributed by atoms with van der Waals surface area (Å²) in [6, 6.07) is 7.68. The minimum Gasteiger partial charge on any atom is -0.353 e. The SMILES string of the molecule is CCNCc1cccc(NC(=O)CC(C)NC(=O)C2CCCC2)c1. The number of benzene rings is 1. The third-order valence-electron chi connectivity index (χ3n) is 4.40. The Kier molecular flexibility index (Phi) is 7.25. The van der Waals surface area contributed by atoms with Crippen LogP contribution in [0.3, 0.4) is 0 Å². The van der Waals surface area contributed by atoms with Crippen LogP contribution in [0.4, 0.5) is 5.69 Å². The smallest absolute Gasteiger partial charge is 0.226 e. The summed E-state index contributed by atoms with van der Waals surface area (Å²) in [7, 11) is 0. The van der Waals surface area contributed by atoms with Crippen molar-refractivity contribution in [1.82, 2.24) is 10.6 Å². The van der Waals surface area contributed by atoms with E-state index in [1.165, 1.54) is 0 Å². The molecule has 1 fully saturated rings. The van der Waals surface area contributed by atoms with Crippen molar-refractivity contribution in [3.05, 3.63) is 29.8 Å². The van der Waals surface area contributed by atoms with Crippen LogP contribution in [0, 0.1) is 5.92 Å². The Bertz CT molecular complexity index is 553. The van der Waals surface area contributed by atoms with E-state index in [0.29, 0.717) is 0 Å². The predicted octanol–water partition coefficient (Wildman–Crippen LogP) is 2.82. The molecule has 0 radical (unpaired) electrons. The van der Waals surface area contributed by atoms with E-state index in [4.69, 9.17) is 0 Å². The molecule has 24 heavy (non-hydrogen) atoms. The van der Waals surface area contributed by atoms with E-state index in [1.807, 2.05) is 31.2 Å². The molecule has 0 saturated heterocycles. The van der Waals surface area contributed by atoms with Crippen molar-refractivity contribution in [2.24, 2.45) is 5.92 Å². The van der Waals surface area contributed by atoms with Gasteiger partial charge in [0.1, 0.15) is 0 Å². The molecule has 1 aliphatic carbocycles. The maximum absolute atomic E-state index is 12.2. The van der Waals surface area contributed by atoms with Gasteiger partial charge in [-0.15, -0.1) is 0 Å². The molecule has 1 aromatic rings. The summed E-state index contributed by atoms with van der Waals surface area (Å²) < 4.78 is 0. The van der Waals surface area contributed by atoms with Crippen LogP contribution in [0.15, 0.2) is 24.3 Å². The number of anilines is 1. The first-order valence-electron chi connectivity index (χ1n) is 8.98. The van der Waals surface area contributed by atoms with Gasteiger partial charge in [-0.3, -0.25) is 9.59 Å². The maximum atomic E-state index is 12.2. The van der Waals surface area contributed by atoms with Gasteiger partial charge in [0.25, 0.3) is 0 Å². The van der Waals surface area contributed by atoms with Crippen LogP contribution < -0.4 is 16.0 Å². The standard InChI is InChI=1S/C19H29N3O2/c1-3-20-13-15-7-6-10-17(12-15)22-18(23)11-14(2)21-19(24)16-8-4-5-9-16/h6-7,10,12,14,16,20H,3-5,8-9,11,13H2,1-2H3,(H,21,24)(H,22,23). The molecule has 1 atom stereocenters. The molecule has 0 heterocycles. The number of rotatable bonds is 8. The molecule has 1 saturated carbocycles. The van der Waals surface area contributed by atoms with Crippen molar-refractivity contribution in [2.75, 3.05) is 11.9 Å².